The van der Waals surface area contributed by atoms with Crippen molar-refractivity contribution in [1.29, 1.82) is 0 Å². The van der Waals surface area contributed by atoms with E-state index >= 15 is 0 Å². The van der Waals surface area contributed by atoms with Crippen LogP contribution in [0.2, 0.25) is 0 Å². The Bertz CT molecular complexity index is 839. The van der Waals surface area contributed by atoms with Crippen molar-refractivity contribution >= 4 is 17.9 Å². The van der Waals surface area contributed by atoms with E-state index in [1.54, 1.807) is 0 Å². The molecule has 0 heterocycles. The Balaban J connectivity index is 4.26. The molecule has 0 aliphatic heterocycles. The number of rotatable bonds is 43. The van der Waals surface area contributed by atoms with E-state index < -0.39 is 6.10 Å². The second kappa shape index (κ2) is 42.0. The van der Waals surface area contributed by atoms with E-state index in [0.29, 0.717) is 19.3 Å². The Morgan fingerprint density at radius 2 is 0.600 bits per heavy atom. The highest BCUT2D eigenvalue weighted by molar-refractivity contribution is 5.71. The summed E-state index contributed by atoms with van der Waals surface area (Å²) in [5, 5.41) is 0. The Kier molecular flexibility index (Phi) is 40.8. The molecule has 0 aromatic rings. The van der Waals surface area contributed by atoms with Gasteiger partial charge in [-0.1, -0.05) is 227 Å². The van der Waals surface area contributed by atoms with Gasteiger partial charge in [-0.15, -0.1) is 0 Å². The molecule has 0 aromatic heterocycles. The van der Waals surface area contributed by atoms with E-state index in [2.05, 4.69) is 34.6 Å². The van der Waals surface area contributed by atoms with Crippen molar-refractivity contribution in [2.75, 3.05) is 13.2 Å². The third kappa shape index (κ3) is 43.4. The van der Waals surface area contributed by atoms with Gasteiger partial charge in [0, 0.05) is 19.3 Å². The van der Waals surface area contributed by atoms with Gasteiger partial charge in [-0.2, -0.15) is 0 Å². The third-order valence-corrected chi connectivity index (χ3v) is 11.0. The number of esters is 3. The van der Waals surface area contributed by atoms with E-state index in [1.807, 2.05) is 0 Å². The number of unbranched alkanes of at least 4 members (excludes halogenated alkanes) is 28. The second-order valence-corrected chi connectivity index (χ2v) is 17.7. The summed E-state index contributed by atoms with van der Waals surface area (Å²) in [6, 6.07) is 0. The van der Waals surface area contributed by atoms with E-state index in [-0.39, 0.29) is 31.1 Å². The van der Waals surface area contributed by atoms with Crippen LogP contribution in [0.25, 0.3) is 0 Å². The van der Waals surface area contributed by atoms with Crippen molar-refractivity contribution in [1.82, 2.24) is 0 Å². The molecule has 0 aliphatic carbocycles. The van der Waals surface area contributed by atoms with Crippen LogP contribution >= 0.6 is 0 Å². The molecule has 0 bridgehead atoms. The normalized spacial score (nSPS) is 12.1. The van der Waals surface area contributed by atoms with Crippen LogP contribution in [-0.2, 0) is 28.6 Å². The Morgan fingerprint density at radius 3 is 0.891 bits per heavy atom. The van der Waals surface area contributed by atoms with Crippen molar-refractivity contribution in [3.63, 3.8) is 0 Å². The van der Waals surface area contributed by atoms with Crippen LogP contribution in [-0.4, -0.2) is 37.2 Å². The minimum Gasteiger partial charge on any atom is -0.462 e. The maximum absolute atomic E-state index is 12.7. The predicted octanol–water partition coefficient (Wildman–Crippen LogP) is 15.4. The van der Waals surface area contributed by atoms with Gasteiger partial charge in [-0.3, -0.25) is 14.4 Å². The lowest BCUT2D eigenvalue weighted by Gasteiger charge is -2.18. The molecule has 326 valence electrons. The molecule has 0 aromatic carbocycles. The highest BCUT2D eigenvalue weighted by Gasteiger charge is 2.19. The van der Waals surface area contributed by atoms with Gasteiger partial charge in [0.2, 0.25) is 0 Å². The number of hydrogen-bond acceptors (Lipinski definition) is 6. The molecule has 0 amide bonds. The van der Waals surface area contributed by atoms with Crippen LogP contribution < -0.4 is 0 Å². The van der Waals surface area contributed by atoms with Crippen molar-refractivity contribution in [3.8, 4) is 0 Å². The fourth-order valence-corrected chi connectivity index (χ4v) is 7.28. The van der Waals surface area contributed by atoms with Crippen molar-refractivity contribution < 1.29 is 28.6 Å². The fourth-order valence-electron chi connectivity index (χ4n) is 7.28. The summed E-state index contributed by atoms with van der Waals surface area (Å²) in [6.45, 7) is 11.3. The van der Waals surface area contributed by atoms with Gasteiger partial charge in [-0.05, 0) is 31.1 Å². The lowest BCUT2D eigenvalue weighted by Crippen LogP contribution is -2.30. The topological polar surface area (TPSA) is 78.9 Å². The smallest absolute Gasteiger partial charge is 0.306 e. The number of ether oxygens (including phenoxy) is 3. The van der Waals surface area contributed by atoms with E-state index in [4.69, 9.17) is 14.2 Å². The standard InChI is InChI=1S/C49H94O6/c1-6-7-8-9-10-17-26-31-36-41-49(52)55-46(43-54-48(51)40-35-30-25-21-16-19-23-28-33-38-45(4)5)42-53-47(50)39-34-29-24-20-15-13-11-12-14-18-22-27-32-37-44(2)3/h44-46H,6-43H2,1-5H3/t46-/m0/s1. The molecular formula is C49H94O6. The molecule has 0 rings (SSSR count). The lowest BCUT2D eigenvalue weighted by molar-refractivity contribution is -0.167. The summed E-state index contributed by atoms with van der Waals surface area (Å²) in [5.74, 6) is 0.792. The van der Waals surface area contributed by atoms with Gasteiger partial charge < -0.3 is 14.2 Å². The zero-order valence-corrected chi connectivity index (χ0v) is 37.6. The van der Waals surface area contributed by atoms with Crippen molar-refractivity contribution in [2.24, 2.45) is 11.8 Å². The molecule has 0 saturated heterocycles. The molecule has 55 heavy (non-hydrogen) atoms. The molecule has 0 fully saturated rings. The number of hydrogen-bond donors (Lipinski definition) is 0. The van der Waals surface area contributed by atoms with E-state index in [1.165, 1.54) is 154 Å². The van der Waals surface area contributed by atoms with Gasteiger partial charge in [-0.25, -0.2) is 0 Å². The van der Waals surface area contributed by atoms with Crippen LogP contribution in [0.15, 0.2) is 0 Å². The van der Waals surface area contributed by atoms with Crippen LogP contribution in [0.5, 0.6) is 0 Å². The monoisotopic (exact) mass is 779 g/mol. The average Bonchev–Trinajstić information content (AvgIpc) is 3.15. The first-order valence-corrected chi connectivity index (χ1v) is 24.2. The van der Waals surface area contributed by atoms with Crippen LogP contribution in [0, 0.1) is 11.8 Å². The molecule has 0 aliphatic rings. The summed E-state index contributed by atoms with van der Waals surface area (Å²) < 4.78 is 16.7. The van der Waals surface area contributed by atoms with Gasteiger partial charge >= 0.3 is 17.9 Å². The van der Waals surface area contributed by atoms with E-state index in [0.717, 1.165) is 69.6 Å². The third-order valence-electron chi connectivity index (χ3n) is 11.0. The SMILES string of the molecule is CCCCCCCCCCCC(=O)O[C@@H](COC(=O)CCCCCCCCCCCCCCCC(C)C)COC(=O)CCCCCCCCCCCC(C)C. The Labute approximate surface area is 342 Å². The lowest BCUT2D eigenvalue weighted by atomic mass is 10.0. The molecule has 6 nitrogen and oxygen atoms in total. The molecule has 0 unspecified atom stereocenters. The Morgan fingerprint density at radius 1 is 0.345 bits per heavy atom. The van der Waals surface area contributed by atoms with Gasteiger partial charge in [0.25, 0.3) is 0 Å². The second-order valence-electron chi connectivity index (χ2n) is 17.7. The fraction of sp³-hybridized carbons (Fsp3) is 0.939. The first kappa shape index (κ1) is 53.4. The number of carbonyl (C=O) groups excluding carboxylic acids is 3. The molecular weight excluding hydrogens is 685 g/mol. The van der Waals surface area contributed by atoms with Gasteiger partial charge in [0.15, 0.2) is 6.10 Å². The first-order chi connectivity index (χ1) is 26.7. The van der Waals surface area contributed by atoms with Crippen LogP contribution in [0.3, 0.4) is 0 Å². The van der Waals surface area contributed by atoms with Crippen LogP contribution in [0.1, 0.15) is 266 Å². The summed E-state index contributed by atoms with van der Waals surface area (Å²) >= 11 is 0. The molecule has 0 N–H and O–H groups in total. The quantitative estimate of drug-likeness (QED) is 0.0348. The molecule has 0 saturated carbocycles. The summed E-state index contributed by atoms with van der Waals surface area (Å²) in [6.07, 6.45) is 40.9. The average molecular weight is 779 g/mol. The van der Waals surface area contributed by atoms with Gasteiger partial charge in [0.05, 0.1) is 0 Å². The molecule has 6 heteroatoms. The summed E-state index contributed by atoms with van der Waals surface area (Å²) in [4.78, 5) is 37.7. The zero-order valence-electron chi connectivity index (χ0n) is 37.6. The highest BCUT2D eigenvalue weighted by atomic mass is 16.6. The van der Waals surface area contributed by atoms with Crippen LogP contribution in [0.4, 0.5) is 0 Å². The van der Waals surface area contributed by atoms with E-state index in [9.17, 15) is 14.4 Å². The van der Waals surface area contributed by atoms with Crippen molar-refractivity contribution in [3.05, 3.63) is 0 Å². The molecule has 0 radical (unpaired) electrons. The Hall–Kier alpha value is -1.59. The molecule has 0 spiro atoms. The predicted molar refractivity (Wildman–Crippen MR) is 233 cm³/mol. The minimum atomic E-state index is -0.760. The largest absolute Gasteiger partial charge is 0.462 e. The minimum absolute atomic E-state index is 0.0645. The zero-order chi connectivity index (χ0) is 40.5. The maximum atomic E-state index is 12.7. The van der Waals surface area contributed by atoms with Gasteiger partial charge in [0.1, 0.15) is 13.2 Å². The first-order valence-electron chi connectivity index (χ1n) is 24.2. The summed E-state index contributed by atoms with van der Waals surface area (Å²) in [7, 11) is 0. The highest BCUT2D eigenvalue weighted by Crippen LogP contribution is 2.17. The number of carbonyl (C=O) groups is 3. The summed E-state index contributed by atoms with van der Waals surface area (Å²) in [5.41, 5.74) is 0. The molecule has 1 atom stereocenters. The van der Waals surface area contributed by atoms with Crippen molar-refractivity contribution in [2.45, 2.75) is 272 Å². The maximum Gasteiger partial charge on any atom is 0.306 e.